The van der Waals surface area contributed by atoms with Crippen LogP contribution in [0.5, 0.6) is 0 Å². The highest BCUT2D eigenvalue weighted by atomic mass is 16.2. The zero-order chi connectivity index (χ0) is 13.9. The Hall–Kier alpha value is -1.65. The van der Waals surface area contributed by atoms with Crippen LogP contribution in [0, 0.1) is 5.92 Å². The van der Waals surface area contributed by atoms with E-state index >= 15 is 0 Å². The molecule has 5 nitrogen and oxygen atoms in total. The first-order valence-electron chi connectivity index (χ1n) is 7.54. The summed E-state index contributed by atoms with van der Waals surface area (Å²) in [6.07, 6.45) is 9.07. The maximum absolute atomic E-state index is 12.3. The third-order valence-electron chi connectivity index (χ3n) is 4.58. The zero-order valence-corrected chi connectivity index (χ0v) is 12.0. The Labute approximate surface area is 120 Å². The molecule has 1 aromatic heterocycles. The first-order valence-corrected chi connectivity index (χ1v) is 7.54. The molecule has 0 aromatic carbocycles. The SMILES string of the molecule is CN(C(=O)C1CCC1)C1CCCN(c2ncccn2)C1. The number of hydrogen-bond donors (Lipinski definition) is 0. The van der Waals surface area contributed by atoms with Gasteiger partial charge in [-0.2, -0.15) is 0 Å². The van der Waals surface area contributed by atoms with E-state index in [4.69, 9.17) is 0 Å². The molecule has 2 aliphatic rings. The van der Waals surface area contributed by atoms with Crippen LogP contribution in [0.4, 0.5) is 5.95 Å². The van der Waals surface area contributed by atoms with Gasteiger partial charge < -0.3 is 9.80 Å². The van der Waals surface area contributed by atoms with Crippen molar-refractivity contribution in [2.45, 2.75) is 38.1 Å². The summed E-state index contributed by atoms with van der Waals surface area (Å²) in [6, 6.07) is 2.12. The smallest absolute Gasteiger partial charge is 0.225 e. The van der Waals surface area contributed by atoms with Gasteiger partial charge in [-0.25, -0.2) is 9.97 Å². The van der Waals surface area contributed by atoms with Gasteiger partial charge in [0.2, 0.25) is 11.9 Å². The summed E-state index contributed by atoms with van der Waals surface area (Å²) in [7, 11) is 1.96. The number of carbonyl (C=O) groups is 1. The van der Waals surface area contributed by atoms with E-state index in [1.807, 2.05) is 18.0 Å². The van der Waals surface area contributed by atoms with Gasteiger partial charge in [0.25, 0.3) is 0 Å². The quantitative estimate of drug-likeness (QED) is 0.842. The van der Waals surface area contributed by atoms with Crippen LogP contribution in [0.2, 0.25) is 0 Å². The standard InChI is InChI=1S/C15H22N4O/c1-18(14(20)12-5-2-6-12)13-7-3-10-19(11-13)15-16-8-4-9-17-15/h4,8-9,12-13H,2-3,5-7,10-11H2,1H3. The lowest BCUT2D eigenvalue weighted by molar-refractivity contribution is -0.139. The fourth-order valence-electron chi connectivity index (χ4n) is 3.03. The van der Waals surface area contributed by atoms with Crippen molar-refractivity contribution in [1.29, 1.82) is 0 Å². The van der Waals surface area contributed by atoms with Gasteiger partial charge in [0.1, 0.15) is 0 Å². The molecule has 108 valence electrons. The zero-order valence-electron chi connectivity index (χ0n) is 12.0. The average Bonchev–Trinajstić information content (AvgIpc) is 2.46. The molecule has 0 radical (unpaired) electrons. The molecule has 1 aliphatic carbocycles. The number of anilines is 1. The van der Waals surface area contributed by atoms with Crippen LogP contribution in [0.3, 0.4) is 0 Å². The van der Waals surface area contributed by atoms with Crippen molar-refractivity contribution < 1.29 is 4.79 Å². The highest BCUT2D eigenvalue weighted by Crippen LogP contribution is 2.29. The first kappa shape index (κ1) is 13.3. The molecule has 0 spiro atoms. The number of likely N-dealkylation sites (N-methyl/N-ethyl adjacent to an activating group) is 1. The topological polar surface area (TPSA) is 49.3 Å². The summed E-state index contributed by atoms with van der Waals surface area (Å²) in [5, 5.41) is 0. The molecule has 1 saturated carbocycles. The van der Waals surface area contributed by atoms with E-state index in [0.717, 1.165) is 44.7 Å². The Morgan fingerprint density at radius 1 is 1.25 bits per heavy atom. The second kappa shape index (κ2) is 5.77. The number of nitrogens with zero attached hydrogens (tertiary/aromatic N) is 4. The number of rotatable bonds is 3. The first-order chi connectivity index (χ1) is 9.75. The molecule has 3 rings (SSSR count). The van der Waals surface area contributed by atoms with Crippen molar-refractivity contribution in [3.05, 3.63) is 18.5 Å². The van der Waals surface area contributed by atoms with Crippen molar-refractivity contribution in [1.82, 2.24) is 14.9 Å². The maximum Gasteiger partial charge on any atom is 0.225 e. The van der Waals surface area contributed by atoms with Crippen LogP contribution < -0.4 is 4.90 Å². The van der Waals surface area contributed by atoms with E-state index in [2.05, 4.69) is 14.9 Å². The fraction of sp³-hybridized carbons (Fsp3) is 0.667. The monoisotopic (exact) mass is 274 g/mol. The molecular formula is C15H22N4O. The molecular weight excluding hydrogens is 252 g/mol. The van der Waals surface area contributed by atoms with Gasteiger partial charge in [-0.1, -0.05) is 6.42 Å². The highest BCUT2D eigenvalue weighted by Gasteiger charge is 2.33. The maximum atomic E-state index is 12.3. The van der Waals surface area contributed by atoms with Crippen LogP contribution in [0.25, 0.3) is 0 Å². The minimum atomic E-state index is 0.281. The van der Waals surface area contributed by atoms with E-state index < -0.39 is 0 Å². The van der Waals surface area contributed by atoms with Crippen molar-refractivity contribution in [3.63, 3.8) is 0 Å². The van der Waals surface area contributed by atoms with E-state index in [1.54, 1.807) is 12.4 Å². The number of amides is 1. The molecule has 1 saturated heterocycles. The van der Waals surface area contributed by atoms with E-state index in [-0.39, 0.29) is 5.92 Å². The second-order valence-electron chi connectivity index (χ2n) is 5.87. The summed E-state index contributed by atoms with van der Waals surface area (Å²) in [6.45, 7) is 1.82. The Morgan fingerprint density at radius 2 is 2.00 bits per heavy atom. The third-order valence-corrected chi connectivity index (χ3v) is 4.58. The fourth-order valence-corrected chi connectivity index (χ4v) is 3.03. The normalized spacial score (nSPS) is 23.2. The lowest BCUT2D eigenvalue weighted by Crippen LogP contribution is -2.51. The lowest BCUT2D eigenvalue weighted by atomic mass is 9.84. The molecule has 20 heavy (non-hydrogen) atoms. The highest BCUT2D eigenvalue weighted by molar-refractivity contribution is 5.79. The molecule has 1 aliphatic heterocycles. The van der Waals surface area contributed by atoms with Crippen molar-refractivity contribution in [3.8, 4) is 0 Å². The predicted molar refractivity (Wildman–Crippen MR) is 77.4 cm³/mol. The van der Waals surface area contributed by atoms with Crippen LogP contribution in [0.15, 0.2) is 18.5 Å². The molecule has 2 heterocycles. The number of piperidine rings is 1. The molecule has 1 amide bonds. The van der Waals surface area contributed by atoms with Crippen LogP contribution in [-0.2, 0) is 4.79 Å². The third kappa shape index (κ3) is 2.62. The van der Waals surface area contributed by atoms with Gasteiger partial charge in [0, 0.05) is 44.5 Å². The summed E-state index contributed by atoms with van der Waals surface area (Å²) >= 11 is 0. The van der Waals surface area contributed by atoms with Crippen LogP contribution in [-0.4, -0.2) is 47.0 Å². The predicted octanol–water partition coefficient (Wildman–Crippen LogP) is 1.70. The van der Waals surface area contributed by atoms with E-state index in [9.17, 15) is 4.79 Å². The Kier molecular flexibility index (Phi) is 3.85. The van der Waals surface area contributed by atoms with Gasteiger partial charge in [-0.3, -0.25) is 4.79 Å². The average molecular weight is 274 g/mol. The Morgan fingerprint density at radius 3 is 2.65 bits per heavy atom. The van der Waals surface area contributed by atoms with Crippen LogP contribution >= 0.6 is 0 Å². The second-order valence-corrected chi connectivity index (χ2v) is 5.87. The minimum absolute atomic E-state index is 0.281. The van der Waals surface area contributed by atoms with Gasteiger partial charge in [0.05, 0.1) is 0 Å². The molecule has 0 N–H and O–H groups in total. The number of carbonyl (C=O) groups excluding carboxylic acids is 1. The van der Waals surface area contributed by atoms with Crippen molar-refractivity contribution in [2.24, 2.45) is 5.92 Å². The largest absolute Gasteiger partial charge is 0.341 e. The van der Waals surface area contributed by atoms with E-state index in [0.29, 0.717) is 11.9 Å². The Balaban J connectivity index is 1.64. The van der Waals surface area contributed by atoms with Gasteiger partial charge in [-0.05, 0) is 31.7 Å². The number of aromatic nitrogens is 2. The molecule has 0 bridgehead atoms. The molecule has 1 unspecified atom stereocenters. The Bertz CT molecular complexity index is 460. The van der Waals surface area contributed by atoms with E-state index in [1.165, 1.54) is 6.42 Å². The molecule has 5 heteroatoms. The van der Waals surface area contributed by atoms with Crippen LogP contribution in [0.1, 0.15) is 32.1 Å². The van der Waals surface area contributed by atoms with Gasteiger partial charge in [0.15, 0.2) is 0 Å². The number of hydrogen-bond acceptors (Lipinski definition) is 4. The van der Waals surface area contributed by atoms with Crippen molar-refractivity contribution in [2.75, 3.05) is 25.0 Å². The minimum Gasteiger partial charge on any atom is -0.341 e. The lowest BCUT2D eigenvalue weighted by Gasteiger charge is -2.40. The summed E-state index contributed by atoms with van der Waals surface area (Å²) in [5.41, 5.74) is 0. The molecule has 2 fully saturated rings. The van der Waals surface area contributed by atoms with Gasteiger partial charge >= 0.3 is 0 Å². The summed E-state index contributed by atoms with van der Waals surface area (Å²) in [5.74, 6) is 1.39. The summed E-state index contributed by atoms with van der Waals surface area (Å²) < 4.78 is 0. The summed E-state index contributed by atoms with van der Waals surface area (Å²) in [4.78, 5) is 25.1. The molecule has 1 aromatic rings. The van der Waals surface area contributed by atoms with Crippen molar-refractivity contribution >= 4 is 11.9 Å². The molecule has 1 atom stereocenters. The van der Waals surface area contributed by atoms with Gasteiger partial charge in [-0.15, -0.1) is 0 Å².